The van der Waals surface area contributed by atoms with Crippen molar-refractivity contribution in [1.82, 2.24) is 4.90 Å². The van der Waals surface area contributed by atoms with Gasteiger partial charge >= 0.3 is 0 Å². The molecule has 1 amide bonds. The first-order valence-corrected chi connectivity index (χ1v) is 11.0. The van der Waals surface area contributed by atoms with Crippen LogP contribution in [-0.2, 0) is 9.22 Å². The molecule has 5 heteroatoms. The van der Waals surface area contributed by atoms with Crippen LogP contribution in [0.25, 0.3) is 0 Å². The van der Waals surface area contributed by atoms with Gasteiger partial charge in [-0.3, -0.25) is 4.79 Å². The molecule has 0 aromatic rings. The molecule has 0 saturated heterocycles. The zero-order valence-corrected chi connectivity index (χ0v) is 14.6. The van der Waals surface area contributed by atoms with Crippen LogP contribution in [0, 0.1) is 5.92 Å². The highest BCUT2D eigenvalue weighted by atomic mass is 32.2. The lowest BCUT2D eigenvalue weighted by Gasteiger charge is -2.21. The normalized spacial score (nSPS) is 13.4. The van der Waals surface area contributed by atoms with E-state index in [0.29, 0.717) is 0 Å². The van der Waals surface area contributed by atoms with Crippen LogP contribution in [0.4, 0.5) is 0 Å². The molecule has 0 fully saturated rings. The summed E-state index contributed by atoms with van der Waals surface area (Å²) >= 11 is 1.89. The second-order valence-electron chi connectivity index (χ2n) is 5.50. The molecule has 18 heavy (non-hydrogen) atoms. The van der Waals surface area contributed by atoms with E-state index in [1.807, 2.05) is 32.8 Å². The first kappa shape index (κ1) is 18.0. The molecule has 1 unspecified atom stereocenters. The molecule has 0 aromatic heterocycles. The number of hydrogen-bond donors (Lipinski definition) is 0. The zero-order valence-electron chi connectivity index (χ0n) is 12.8. The van der Waals surface area contributed by atoms with Crippen molar-refractivity contribution in [2.75, 3.05) is 32.2 Å². The van der Waals surface area contributed by atoms with E-state index >= 15 is 0 Å². The Labute approximate surface area is 118 Å². The van der Waals surface area contributed by atoms with Gasteiger partial charge in [0.05, 0.1) is 0 Å². The topological polar surface area (TPSA) is 29.5 Å². The Bertz CT molecular complexity index is 247. The molecule has 0 aliphatic carbocycles. The van der Waals surface area contributed by atoms with Gasteiger partial charge in [-0.1, -0.05) is 6.92 Å². The van der Waals surface area contributed by atoms with E-state index in [9.17, 15) is 4.79 Å². The van der Waals surface area contributed by atoms with Crippen LogP contribution < -0.4 is 0 Å². The lowest BCUT2D eigenvalue weighted by molar-refractivity contribution is -0.131. The van der Waals surface area contributed by atoms with Crippen molar-refractivity contribution in [3.05, 3.63) is 0 Å². The predicted molar refractivity (Wildman–Crippen MR) is 83.7 cm³/mol. The fourth-order valence-corrected chi connectivity index (χ4v) is 5.06. The average molecular weight is 292 g/mol. The van der Waals surface area contributed by atoms with Gasteiger partial charge in [-0.25, -0.2) is 0 Å². The highest BCUT2D eigenvalue weighted by Gasteiger charge is 2.21. The smallest absolute Gasteiger partial charge is 0.225 e. The van der Waals surface area contributed by atoms with Crippen LogP contribution in [0.3, 0.4) is 0 Å². The molecular formula is C13H29NO2SSi. The van der Waals surface area contributed by atoms with Crippen LogP contribution >= 0.6 is 11.8 Å². The molecule has 1 atom stereocenters. The highest BCUT2D eigenvalue weighted by molar-refractivity contribution is 7.99. The number of carbonyl (C=O) groups excluding carboxylic acids is 1. The van der Waals surface area contributed by atoms with Crippen LogP contribution in [-0.4, -0.2) is 51.3 Å². The standard InChI is InChI=1S/C13H29NO2SSi/c1-7-16-18(5,6)10-8-9-17-11-12(2)13(15)14(3)4/h12H,7-11H2,1-6H3. The van der Waals surface area contributed by atoms with Crippen molar-refractivity contribution in [1.29, 1.82) is 0 Å². The minimum absolute atomic E-state index is 0.127. The molecule has 0 heterocycles. The predicted octanol–water partition coefficient (Wildman–Crippen LogP) is 3.08. The second-order valence-corrected chi connectivity index (χ2v) is 11.0. The fraction of sp³-hybridized carbons (Fsp3) is 0.923. The van der Waals surface area contributed by atoms with Crippen molar-refractivity contribution in [2.24, 2.45) is 5.92 Å². The molecule has 0 bridgehead atoms. The van der Waals surface area contributed by atoms with Crippen molar-refractivity contribution in [2.45, 2.75) is 39.4 Å². The van der Waals surface area contributed by atoms with E-state index in [-0.39, 0.29) is 11.8 Å². The SMILES string of the molecule is CCO[Si](C)(C)CCCSCC(C)C(=O)N(C)C. The molecule has 108 valence electrons. The first-order chi connectivity index (χ1) is 8.30. The van der Waals surface area contributed by atoms with Crippen molar-refractivity contribution in [3.8, 4) is 0 Å². The minimum atomic E-state index is -1.41. The van der Waals surface area contributed by atoms with Crippen LogP contribution in [0.5, 0.6) is 0 Å². The Hall–Kier alpha value is -0.00312. The molecular weight excluding hydrogens is 262 g/mol. The zero-order chi connectivity index (χ0) is 14.2. The molecule has 0 saturated carbocycles. The molecule has 0 aliphatic rings. The van der Waals surface area contributed by atoms with Crippen molar-refractivity contribution < 1.29 is 9.22 Å². The maximum atomic E-state index is 11.7. The summed E-state index contributed by atoms with van der Waals surface area (Å²) in [6.45, 7) is 9.46. The van der Waals surface area contributed by atoms with Gasteiger partial charge in [0.2, 0.25) is 5.91 Å². The Morgan fingerprint density at radius 3 is 2.50 bits per heavy atom. The summed E-state index contributed by atoms with van der Waals surface area (Å²) in [6.07, 6.45) is 1.20. The van der Waals surface area contributed by atoms with Crippen molar-refractivity contribution in [3.63, 3.8) is 0 Å². The molecule has 0 N–H and O–H groups in total. The maximum Gasteiger partial charge on any atom is 0.225 e. The van der Waals surface area contributed by atoms with E-state index in [1.54, 1.807) is 4.90 Å². The third kappa shape index (κ3) is 8.16. The van der Waals surface area contributed by atoms with E-state index < -0.39 is 8.32 Å². The fourth-order valence-electron chi connectivity index (χ4n) is 1.84. The van der Waals surface area contributed by atoms with E-state index in [2.05, 4.69) is 20.0 Å². The van der Waals surface area contributed by atoms with Crippen LogP contribution in [0.1, 0.15) is 20.3 Å². The maximum absolute atomic E-state index is 11.7. The molecule has 0 rings (SSSR count). The number of carbonyl (C=O) groups is 1. The second kappa shape index (κ2) is 8.99. The Morgan fingerprint density at radius 2 is 2.00 bits per heavy atom. The number of amides is 1. The van der Waals surface area contributed by atoms with E-state index in [4.69, 9.17) is 4.43 Å². The molecule has 0 radical (unpaired) electrons. The summed E-state index contributed by atoms with van der Waals surface area (Å²) in [6, 6.07) is 1.21. The van der Waals surface area contributed by atoms with E-state index in [0.717, 1.165) is 18.1 Å². The van der Waals surface area contributed by atoms with Gasteiger partial charge in [0.25, 0.3) is 0 Å². The lowest BCUT2D eigenvalue weighted by atomic mass is 10.2. The van der Waals surface area contributed by atoms with Gasteiger partial charge in [0, 0.05) is 32.4 Å². The van der Waals surface area contributed by atoms with Gasteiger partial charge in [-0.05, 0) is 38.2 Å². The van der Waals surface area contributed by atoms with Gasteiger partial charge in [0.15, 0.2) is 8.32 Å². The molecule has 3 nitrogen and oxygen atoms in total. The largest absolute Gasteiger partial charge is 0.418 e. The molecule has 0 aliphatic heterocycles. The number of thioether (sulfide) groups is 1. The summed E-state index contributed by atoms with van der Waals surface area (Å²) in [5, 5.41) is 0. The first-order valence-electron chi connectivity index (χ1n) is 6.73. The summed E-state index contributed by atoms with van der Waals surface area (Å²) in [5.74, 6) is 2.41. The van der Waals surface area contributed by atoms with Crippen LogP contribution in [0.15, 0.2) is 0 Å². The number of rotatable bonds is 9. The third-order valence-electron chi connectivity index (χ3n) is 2.83. The number of nitrogens with zero attached hydrogens (tertiary/aromatic N) is 1. The quantitative estimate of drug-likeness (QED) is 0.483. The Morgan fingerprint density at radius 1 is 1.39 bits per heavy atom. The number of hydrogen-bond acceptors (Lipinski definition) is 3. The monoisotopic (exact) mass is 291 g/mol. The van der Waals surface area contributed by atoms with Gasteiger partial charge in [0.1, 0.15) is 0 Å². The van der Waals surface area contributed by atoms with Crippen molar-refractivity contribution >= 4 is 26.0 Å². The Kier molecular flexibility index (Phi) is 8.99. The van der Waals surface area contributed by atoms with Gasteiger partial charge < -0.3 is 9.33 Å². The molecule has 0 spiro atoms. The highest BCUT2D eigenvalue weighted by Crippen LogP contribution is 2.18. The van der Waals surface area contributed by atoms with Gasteiger partial charge in [-0.15, -0.1) is 0 Å². The summed E-state index contributed by atoms with van der Waals surface area (Å²) in [4.78, 5) is 13.3. The average Bonchev–Trinajstić information content (AvgIpc) is 2.26. The summed E-state index contributed by atoms with van der Waals surface area (Å²) < 4.78 is 5.80. The Balaban J connectivity index is 3.65. The van der Waals surface area contributed by atoms with Crippen LogP contribution in [0.2, 0.25) is 19.1 Å². The summed E-state index contributed by atoms with van der Waals surface area (Å²) in [7, 11) is 2.23. The minimum Gasteiger partial charge on any atom is -0.418 e. The third-order valence-corrected chi connectivity index (χ3v) is 6.77. The lowest BCUT2D eigenvalue weighted by Crippen LogP contribution is -2.30. The van der Waals surface area contributed by atoms with E-state index in [1.165, 1.54) is 12.5 Å². The molecule has 0 aromatic carbocycles. The summed E-state index contributed by atoms with van der Waals surface area (Å²) in [5.41, 5.74) is 0. The van der Waals surface area contributed by atoms with Gasteiger partial charge in [-0.2, -0.15) is 11.8 Å².